The zero-order chi connectivity index (χ0) is 54.0. The summed E-state index contributed by atoms with van der Waals surface area (Å²) in [6.07, 6.45) is 11.8. The van der Waals surface area contributed by atoms with Crippen LogP contribution in [-0.2, 0) is 32.2 Å². The first-order valence-electron chi connectivity index (χ1n) is 26.3. The van der Waals surface area contributed by atoms with Gasteiger partial charge < -0.3 is 24.8 Å². The number of piperidine rings is 4. The summed E-state index contributed by atoms with van der Waals surface area (Å²) < 4.78 is 10.5. The topological polar surface area (TPSA) is 238 Å². The highest BCUT2D eigenvalue weighted by atomic mass is 16.6. The SMILES string of the molecule is C.CC(C)(C)OC(=O)Nc1cc(CN2CCC(C(=O)N3CCC(C(=O)c4ccccn4)CC3)CC2)ccn1.CC(C)(C)OC(=O)Nc1cc(CN2CCC(C(=O)O)CC2)ccn1.O=C(c1ccccn1)C1CCNCC1. The fourth-order valence-corrected chi connectivity index (χ4v) is 9.43. The van der Waals surface area contributed by atoms with Crippen LogP contribution in [0, 0.1) is 23.7 Å². The predicted molar refractivity (Wildman–Crippen MR) is 291 cm³/mol. The molecule has 0 aliphatic carbocycles. The van der Waals surface area contributed by atoms with Gasteiger partial charge in [-0.05, 0) is 192 Å². The molecule has 3 amide bonds. The smallest absolute Gasteiger partial charge is 0.413 e. The number of hydrogen-bond donors (Lipinski definition) is 4. The molecule has 19 nitrogen and oxygen atoms in total. The molecule has 8 heterocycles. The minimum atomic E-state index is -0.706. The number of nitrogens with one attached hydrogen (secondary N) is 3. The van der Waals surface area contributed by atoms with Crippen molar-refractivity contribution in [3.8, 4) is 0 Å². The third-order valence-corrected chi connectivity index (χ3v) is 13.3. The maximum atomic E-state index is 13.2. The van der Waals surface area contributed by atoms with Crippen LogP contribution in [0.3, 0.4) is 0 Å². The third-order valence-electron chi connectivity index (χ3n) is 13.3. The number of ether oxygens (including phenoxy) is 2. The molecule has 4 saturated heterocycles. The van der Waals surface area contributed by atoms with Crippen LogP contribution in [0.5, 0.6) is 0 Å². The molecule has 4 aromatic heterocycles. The first kappa shape index (κ1) is 60.2. The van der Waals surface area contributed by atoms with Crippen molar-refractivity contribution in [1.82, 2.24) is 40.0 Å². The number of aromatic nitrogens is 4. The van der Waals surface area contributed by atoms with Crippen molar-refractivity contribution in [2.24, 2.45) is 23.7 Å². The number of nitrogens with zero attached hydrogens (tertiary/aromatic N) is 7. The second-order valence-electron chi connectivity index (χ2n) is 21.6. The summed E-state index contributed by atoms with van der Waals surface area (Å²) in [5, 5.41) is 17.6. The van der Waals surface area contributed by atoms with Gasteiger partial charge in [-0.15, -0.1) is 0 Å². The van der Waals surface area contributed by atoms with E-state index in [1.54, 1.807) is 57.7 Å². The minimum Gasteiger partial charge on any atom is -0.481 e. The number of amides is 3. The molecule has 0 bridgehead atoms. The molecule has 4 aromatic rings. The Balaban J connectivity index is 0.000000233. The summed E-state index contributed by atoms with van der Waals surface area (Å²) in [4.78, 5) is 95.7. The zero-order valence-corrected chi connectivity index (χ0v) is 44.5. The number of carbonyl (C=O) groups is 6. The van der Waals surface area contributed by atoms with Gasteiger partial charge in [-0.2, -0.15) is 0 Å². The summed E-state index contributed by atoms with van der Waals surface area (Å²) in [5.41, 5.74) is 2.06. The molecule has 4 aliphatic heterocycles. The summed E-state index contributed by atoms with van der Waals surface area (Å²) in [7, 11) is 0. The summed E-state index contributed by atoms with van der Waals surface area (Å²) in [5.74, 6) is 0.613. The van der Waals surface area contributed by atoms with Crippen molar-refractivity contribution >= 4 is 47.3 Å². The number of carboxylic acids is 1. The van der Waals surface area contributed by atoms with E-state index < -0.39 is 29.4 Å². The van der Waals surface area contributed by atoms with Crippen molar-refractivity contribution in [2.45, 2.75) is 125 Å². The molecule has 0 saturated carbocycles. The number of carbonyl (C=O) groups excluding carboxylic acids is 5. The highest BCUT2D eigenvalue weighted by Gasteiger charge is 2.33. The first-order chi connectivity index (χ1) is 35.8. The number of anilines is 2. The van der Waals surface area contributed by atoms with Crippen LogP contribution in [-0.4, -0.2) is 139 Å². The van der Waals surface area contributed by atoms with E-state index in [0.717, 1.165) is 82.6 Å². The Morgan fingerprint density at radius 1 is 0.553 bits per heavy atom. The van der Waals surface area contributed by atoms with Gasteiger partial charge in [0.1, 0.15) is 34.2 Å². The number of hydrogen-bond acceptors (Lipinski definition) is 15. The van der Waals surface area contributed by atoms with Gasteiger partial charge in [0.25, 0.3) is 0 Å². The molecule has 0 spiro atoms. The number of aliphatic carboxylic acids is 1. The largest absolute Gasteiger partial charge is 0.481 e. The lowest BCUT2D eigenvalue weighted by atomic mass is 9.89. The second kappa shape index (κ2) is 29.0. The third kappa shape index (κ3) is 20.1. The van der Waals surface area contributed by atoms with Crippen LogP contribution < -0.4 is 16.0 Å². The molecular weight excluding hydrogens is 969 g/mol. The average molecular weight is 1050 g/mol. The number of rotatable bonds is 12. The Labute approximate surface area is 448 Å². The average Bonchev–Trinajstić information content (AvgIpc) is 3.39. The van der Waals surface area contributed by atoms with Gasteiger partial charge in [-0.3, -0.25) is 49.6 Å². The van der Waals surface area contributed by atoms with Crippen molar-refractivity contribution in [1.29, 1.82) is 0 Å². The molecule has 0 atom stereocenters. The first-order valence-corrected chi connectivity index (χ1v) is 26.3. The highest BCUT2D eigenvalue weighted by molar-refractivity contribution is 5.96. The van der Waals surface area contributed by atoms with Gasteiger partial charge in [-0.1, -0.05) is 19.6 Å². The highest BCUT2D eigenvalue weighted by Crippen LogP contribution is 2.27. The molecule has 4 fully saturated rings. The van der Waals surface area contributed by atoms with Gasteiger partial charge in [-0.25, -0.2) is 19.6 Å². The van der Waals surface area contributed by atoms with E-state index in [2.05, 4.69) is 45.7 Å². The maximum absolute atomic E-state index is 13.2. The fourth-order valence-electron chi connectivity index (χ4n) is 9.43. The quantitative estimate of drug-likeness (QED) is 0.0970. The lowest BCUT2D eigenvalue weighted by Crippen LogP contribution is -2.46. The van der Waals surface area contributed by atoms with Crippen LogP contribution >= 0.6 is 0 Å². The van der Waals surface area contributed by atoms with Crippen LogP contribution in [0.4, 0.5) is 21.2 Å². The Hall–Kier alpha value is -6.70. The number of Topliss-reactive ketones (excluding diaryl/α,β-unsaturated/α-hetero) is 2. The van der Waals surface area contributed by atoms with Crippen LogP contribution in [0.2, 0.25) is 0 Å². The van der Waals surface area contributed by atoms with E-state index in [1.807, 2.05) is 74.2 Å². The molecule has 4 N–H and O–H groups in total. The minimum absolute atomic E-state index is 0. The predicted octanol–water partition coefficient (Wildman–Crippen LogP) is 8.78. The van der Waals surface area contributed by atoms with Gasteiger partial charge >= 0.3 is 18.2 Å². The molecule has 0 unspecified atom stereocenters. The molecule has 0 aromatic carbocycles. The van der Waals surface area contributed by atoms with Crippen molar-refractivity contribution in [3.05, 3.63) is 108 Å². The monoisotopic (exact) mass is 1050 g/mol. The van der Waals surface area contributed by atoms with Gasteiger partial charge in [0.15, 0.2) is 11.6 Å². The van der Waals surface area contributed by atoms with Crippen molar-refractivity contribution < 1.29 is 43.3 Å². The standard InChI is InChI=1S/C28H37N5O4.C17H25N3O4.C11H14N2O.CH4/c1-28(2,3)37-27(36)31-24-18-20(7-13-30-24)19-32-14-8-22(9-15-32)26(35)33-16-10-21(11-17-33)25(34)23-6-4-5-12-29-23;1-17(2,3)24-16(23)19-14-10-12(4-7-18-14)11-20-8-5-13(6-9-20)15(21)22;14-11(9-4-7-12-8-5-9)10-3-1-2-6-13-10;/h4-7,12-13,18,21-22H,8-11,14-17,19H2,1-3H3,(H,30,31,36);4,7,10,13H,5-6,8-9,11H2,1-3H3,(H,21,22)(H,18,19,23);1-3,6,9,12H,4-5,7-8H2;1H4. The van der Waals surface area contributed by atoms with Gasteiger partial charge in [0, 0.05) is 68.7 Å². The molecule has 412 valence electrons. The van der Waals surface area contributed by atoms with E-state index in [0.29, 0.717) is 68.3 Å². The maximum Gasteiger partial charge on any atom is 0.413 e. The van der Waals surface area contributed by atoms with E-state index in [1.165, 1.54) is 0 Å². The van der Waals surface area contributed by atoms with E-state index >= 15 is 0 Å². The van der Waals surface area contributed by atoms with Gasteiger partial charge in [0.05, 0.1) is 5.92 Å². The fraction of sp³-hybridized carbons (Fsp3) is 0.544. The van der Waals surface area contributed by atoms with Crippen LogP contribution in [0.1, 0.15) is 132 Å². The van der Waals surface area contributed by atoms with Crippen LogP contribution in [0.15, 0.2) is 85.5 Å². The Kier molecular flexibility index (Phi) is 23.0. The molecule has 4 aliphatic rings. The molecule has 76 heavy (non-hydrogen) atoms. The van der Waals surface area contributed by atoms with E-state index in [4.69, 9.17) is 14.6 Å². The molecule has 8 rings (SSSR count). The molecule has 19 heteroatoms. The van der Waals surface area contributed by atoms with Crippen molar-refractivity contribution in [2.75, 3.05) is 63.0 Å². The number of ketones is 2. The number of likely N-dealkylation sites (tertiary alicyclic amines) is 3. The summed E-state index contributed by atoms with van der Waals surface area (Å²) in [6, 6.07) is 18.4. The Bertz CT molecular complexity index is 2490. The lowest BCUT2D eigenvalue weighted by Gasteiger charge is -2.37. The molecular formula is C57H80N10O9. The summed E-state index contributed by atoms with van der Waals surface area (Å²) >= 11 is 0. The van der Waals surface area contributed by atoms with E-state index in [-0.39, 0.29) is 48.6 Å². The van der Waals surface area contributed by atoms with Crippen molar-refractivity contribution in [3.63, 3.8) is 0 Å². The number of pyridine rings is 4. The van der Waals surface area contributed by atoms with Gasteiger partial charge in [0.2, 0.25) is 5.91 Å². The summed E-state index contributed by atoms with van der Waals surface area (Å²) in [6.45, 7) is 18.6. The Morgan fingerprint density at radius 2 is 0.961 bits per heavy atom. The normalized spacial score (nSPS) is 17.3. The second-order valence-corrected chi connectivity index (χ2v) is 21.6. The lowest BCUT2D eigenvalue weighted by molar-refractivity contribution is -0.143. The molecule has 0 radical (unpaired) electrons. The van der Waals surface area contributed by atoms with E-state index in [9.17, 15) is 28.8 Å². The zero-order valence-electron chi connectivity index (χ0n) is 44.5. The van der Waals surface area contributed by atoms with Crippen LogP contribution in [0.25, 0.3) is 0 Å². The number of carboxylic acid groups (broad SMARTS) is 1. The Morgan fingerprint density at radius 3 is 1.36 bits per heavy atom.